The SMILES string of the molecule is CCc1cc(-c2c3ccc([Si]4(C)CCC4)cc3cc[n+]2C)c(C)c(C)c1C. The molecular formula is C25H32NSi+. The van der Waals surface area contributed by atoms with E-state index in [9.17, 15) is 0 Å². The third-order valence-corrected chi connectivity index (χ3v) is 11.9. The summed E-state index contributed by atoms with van der Waals surface area (Å²) in [6.45, 7) is 11.7. The fraction of sp³-hybridized carbons (Fsp3) is 0.400. The van der Waals surface area contributed by atoms with Crippen molar-refractivity contribution in [3.63, 3.8) is 0 Å². The van der Waals surface area contributed by atoms with Crippen molar-refractivity contribution in [3.05, 3.63) is 58.8 Å². The predicted octanol–water partition coefficient (Wildman–Crippen LogP) is 5.51. The van der Waals surface area contributed by atoms with E-state index in [1.54, 1.807) is 5.19 Å². The van der Waals surface area contributed by atoms with E-state index in [4.69, 9.17) is 0 Å². The first kappa shape index (κ1) is 18.4. The number of benzene rings is 2. The minimum Gasteiger partial charge on any atom is -0.200 e. The summed E-state index contributed by atoms with van der Waals surface area (Å²) in [5, 5.41) is 4.43. The molecule has 1 aromatic heterocycles. The summed E-state index contributed by atoms with van der Waals surface area (Å²) in [5.41, 5.74) is 8.52. The van der Waals surface area contributed by atoms with Crippen molar-refractivity contribution in [2.75, 3.05) is 0 Å². The number of aryl methyl sites for hydroxylation is 2. The van der Waals surface area contributed by atoms with Gasteiger partial charge in [0, 0.05) is 6.07 Å². The Bertz CT molecular complexity index is 1040. The van der Waals surface area contributed by atoms with Crippen LogP contribution in [0.4, 0.5) is 0 Å². The monoisotopic (exact) mass is 374 g/mol. The molecule has 1 nitrogen and oxygen atoms in total. The third-order valence-electron chi connectivity index (χ3n) is 7.26. The summed E-state index contributed by atoms with van der Waals surface area (Å²) in [6.07, 6.45) is 4.76. The van der Waals surface area contributed by atoms with Crippen LogP contribution in [0.15, 0.2) is 36.5 Å². The van der Waals surface area contributed by atoms with E-state index in [1.807, 2.05) is 0 Å². The van der Waals surface area contributed by atoms with Crippen LogP contribution >= 0.6 is 0 Å². The molecule has 0 atom stereocenters. The number of hydrogen-bond acceptors (Lipinski definition) is 0. The van der Waals surface area contributed by atoms with Crippen molar-refractivity contribution in [2.24, 2.45) is 7.05 Å². The highest BCUT2D eigenvalue weighted by atomic mass is 28.3. The van der Waals surface area contributed by atoms with Gasteiger partial charge in [0.1, 0.15) is 7.05 Å². The molecule has 0 amide bonds. The molecule has 4 rings (SSSR count). The molecular weight excluding hydrogens is 342 g/mol. The Balaban J connectivity index is 1.97. The Morgan fingerprint density at radius 2 is 1.70 bits per heavy atom. The van der Waals surface area contributed by atoms with Gasteiger partial charge in [0.05, 0.1) is 19.0 Å². The average Bonchev–Trinajstić information content (AvgIpc) is 2.65. The van der Waals surface area contributed by atoms with Crippen LogP contribution < -0.4 is 9.75 Å². The second-order valence-electron chi connectivity index (χ2n) is 8.80. The lowest BCUT2D eigenvalue weighted by Crippen LogP contribution is -2.50. The topological polar surface area (TPSA) is 3.88 Å². The molecule has 0 radical (unpaired) electrons. The second kappa shape index (κ2) is 6.59. The van der Waals surface area contributed by atoms with E-state index >= 15 is 0 Å². The van der Waals surface area contributed by atoms with Crippen LogP contribution in [0.5, 0.6) is 0 Å². The lowest BCUT2D eigenvalue weighted by atomic mass is 9.90. The standard InChI is InChI=1S/C25H32NSi/c1-7-20-16-24(19(4)17(2)18(20)3)25-23-10-9-22(27(6)13-8-14-27)15-21(23)11-12-26(25)5/h9-12,15-16H,7-8,13-14H2,1-6H3/q+1. The zero-order valence-corrected chi connectivity index (χ0v) is 18.7. The van der Waals surface area contributed by atoms with Crippen LogP contribution in [0.25, 0.3) is 22.0 Å². The highest BCUT2D eigenvalue weighted by molar-refractivity contribution is 6.93. The maximum Gasteiger partial charge on any atom is 0.220 e. The molecule has 0 unspecified atom stereocenters. The molecule has 2 heteroatoms. The van der Waals surface area contributed by atoms with Crippen LogP contribution in [-0.2, 0) is 13.5 Å². The Morgan fingerprint density at radius 1 is 0.963 bits per heavy atom. The summed E-state index contributed by atoms with van der Waals surface area (Å²) >= 11 is 0. The van der Waals surface area contributed by atoms with Crippen LogP contribution in [0.3, 0.4) is 0 Å². The number of fused-ring (bicyclic) bond motifs is 1. The fourth-order valence-electron chi connectivity index (χ4n) is 4.81. The van der Waals surface area contributed by atoms with Gasteiger partial charge in [0.2, 0.25) is 5.69 Å². The van der Waals surface area contributed by atoms with Gasteiger partial charge in [0.15, 0.2) is 6.20 Å². The van der Waals surface area contributed by atoms with Gasteiger partial charge in [-0.3, -0.25) is 0 Å². The first-order valence-corrected chi connectivity index (χ1v) is 13.3. The summed E-state index contributed by atoms with van der Waals surface area (Å²) in [4.78, 5) is 0. The minimum absolute atomic E-state index is 1.09. The van der Waals surface area contributed by atoms with Crippen molar-refractivity contribution in [1.82, 2.24) is 0 Å². The Morgan fingerprint density at radius 3 is 2.33 bits per heavy atom. The highest BCUT2D eigenvalue weighted by Crippen LogP contribution is 2.35. The van der Waals surface area contributed by atoms with E-state index in [2.05, 4.69) is 82.4 Å². The zero-order valence-electron chi connectivity index (χ0n) is 17.7. The van der Waals surface area contributed by atoms with Crippen molar-refractivity contribution < 1.29 is 4.57 Å². The molecule has 2 heterocycles. The van der Waals surface area contributed by atoms with Gasteiger partial charge in [-0.1, -0.05) is 49.3 Å². The van der Waals surface area contributed by atoms with Crippen LogP contribution in [-0.4, -0.2) is 8.07 Å². The molecule has 1 aliphatic heterocycles. The third kappa shape index (κ3) is 2.86. The van der Waals surface area contributed by atoms with E-state index < -0.39 is 8.07 Å². The Hall–Kier alpha value is -1.93. The molecule has 27 heavy (non-hydrogen) atoms. The summed E-state index contributed by atoms with van der Waals surface area (Å²) in [7, 11) is 1.04. The molecule has 0 saturated carbocycles. The Kier molecular flexibility index (Phi) is 4.50. The average molecular weight is 375 g/mol. The summed E-state index contributed by atoms with van der Waals surface area (Å²) < 4.78 is 2.31. The van der Waals surface area contributed by atoms with E-state index in [0.29, 0.717) is 0 Å². The zero-order chi connectivity index (χ0) is 19.3. The second-order valence-corrected chi connectivity index (χ2v) is 13.5. The predicted molar refractivity (Wildman–Crippen MR) is 120 cm³/mol. The lowest BCUT2D eigenvalue weighted by Gasteiger charge is -2.36. The normalized spacial score (nSPS) is 15.8. The molecule has 3 aromatic rings. The molecule has 0 bridgehead atoms. The summed E-state index contributed by atoms with van der Waals surface area (Å²) in [5.74, 6) is 0. The molecule has 1 fully saturated rings. The van der Waals surface area contributed by atoms with Crippen molar-refractivity contribution in [2.45, 2.75) is 59.2 Å². The maximum atomic E-state index is 2.56. The first-order valence-electron chi connectivity index (χ1n) is 10.4. The van der Waals surface area contributed by atoms with Gasteiger partial charge in [-0.25, -0.2) is 4.57 Å². The van der Waals surface area contributed by atoms with Gasteiger partial charge in [-0.15, -0.1) is 0 Å². The van der Waals surface area contributed by atoms with Crippen LogP contribution in [0.1, 0.15) is 35.6 Å². The van der Waals surface area contributed by atoms with Crippen LogP contribution in [0.2, 0.25) is 18.6 Å². The van der Waals surface area contributed by atoms with Gasteiger partial charge >= 0.3 is 0 Å². The van der Waals surface area contributed by atoms with Crippen molar-refractivity contribution in [3.8, 4) is 11.3 Å². The number of nitrogens with zero attached hydrogens (tertiary/aromatic N) is 1. The highest BCUT2D eigenvalue weighted by Gasteiger charge is 2.36. The Labute approximate surface area is 165 Å². The van der Waals surface area contributed by atoms with Crippen molar-refractivity contribution in [1.29, 1.82) is 0 Å². The number of pyridine rings is 1. The van der Waals surface area contributed by atoms with E-state index in [1.165, 1.54) is 62.8 Å². The molecule has 2 aromatic carbocycles. The summed E-state index contributed by atoms with van der Waals surface area (Å²) in [6, 6.07) is 15.0. The van der Waals surface area contributed by atoms with E-state index in [0.717, 1.165) is 6.42 Å². The van der Waals surface area contributed by atoms with Crippen LogP contribution in [0, 0.1) is 20.8 Å². The molecule has 0 aliphatic carbocycles. The van der Waals surface area contributed by atoms with Gasteiger partial charge in [-0.05, 0) is 67.0 Å². The molecule has 1 aliphatic rings. The molecule has 1 saturated heterocycles. The largest absolute Gasteiger partial charge is 0.220 e. The van der Waals surface area contributed by atoms with E-state index in [-0.39, 0.29) is 0 Å². The maximum absolute atomic E-state index is 2.56. The number of aromatic nitrogens is 1. The number of rotatable bonds is 3. The van der Waals surface area contributed by atoms with Gasteiger partial charge in [0.25, 0.3) is 0 Å². The smallest absolute Gasteiger partial charge is 0.200 e. The molecule has 0 N–H and O–H groups in total. The minimum atomic E-state index is -1.15. The molecule has 0 spiro atoms. The first-order chi connectivity index (χ1) is 12.9. The number of hydrogen-bond donors (Lipinski definition) is 0. The van der Waals surface area contributed by atoms with Crippen molar-refractivity contribution >= 4 is 24.0 Å². The van der Waals surface area contributed by atoms with Gasteiger partial charge in [-0.2, -0.15) is 0 Å². The lowest BCUT2D eigenvalue weighted by molar-refractivity contribution is -0.659. The fourth-order valence-corrected chi connectivity index (χ4v) is 7.79. The molecule has 140 valence electrons. The van der Waals surface area contributed by atoms with Gasteiger partial charge < -0.3 is 0 Å². The quantitative estimate of drug-likeness (QED) is 0.420.